The number of ketones is 1. The lowest BCUT2D eigenvalue weighted by atomic mass is 9.76. The maximum absolute atomic E-state index is 12.1. The fourth-order valence-corrected chi connectivity index (χ4v) is 4.21. The number of hydrogen-bond donors (Lipinski definition) is 0. The lowest BCUT2D eigenvalue weighted by Crippen LogP contribution is -2.48. The Bertz CT molecular complexity index is 583. The number of ether oxygens (including phenoxy) is 2. The molecule has 4 nitrogen and oxygen atoms in total. The summed E-state index contributed by atoms with van der Waals surface area (Å²) < 4.78 is 11.5. The molecule has 1 heterocycles. The van der Waals surface area contributed by atoms with Crippen molar-refractivity contribution in [3.8, 4) is 5.75 Å². The summed E-state index contributed by atoms with van der Waals surface area (Å²) in [7, 11) is 0. The predicted octanol–water partition coefficient (Wildman–Crippen LogP) is 4.24. The van der Waals surface area contributed by atoms with E-state index in [2.05, 4.69) is 19.1 Å². The van der Waals surface area contributed by atoms with Crippen LogP contribution in [0.1, 0.15) is 63.9 Å². The minimum atomic E-state index is -0.583. The van der Waals surface area contributed by atoms with Gasteiger partial charge in [-0.25, -0.2) is 0 Å². The average Bonchev–Trinajstić information content (AvgIpc) is 3.13. The van der Waals surface area contributed by atoms with E-state index in [0.717, 1.165) is 44.5 Å². The summed E-state index contributed by atoms with van der Waals surface area (Å²) in [5.74, 6) is 0.904. The zero-order valence-electron chi connectivity index (χ0n) is 15.1. The predicted molar refractivity (Wildman–Crippen MR) is 95.6 cm³/mol. The van der Waals surface area contributed by atoms with Crippen molar-refractivity contribution in [2.75, 3.05) is 6.61 Å². The van der Waals surface area contributed by atoms with Crippen molar-refractivity contribution in [1.29, 1.82) is 0 Å². The second-order valence-corrected chi connectivity index (χ2v) is 7.40. The molecule has 136 valence electrons. The van der Waals surface area contributed by atoms with E-state index in [1.54, 1.807) is 0 Å². The van der Waals surface area contributed by atoms with Crippen molar-refractivity contribution < 1.29 is 19.1 Å². The molecule has 0 aromatic heterocycles. The smallest absolute Gasteiger partial charge is 0.313 e. The first-order valence-corrected chi connectivity index (χ1v) is 9.56. The van der Waals surface area contributed by atoms with Crippen LogP contribution in [0.2, 0.25) is 0 Å². The molecule has 0 radical (unpaired) electrons. The fraction of sp³-hybridized carbons (Fsp3) is 0.619. The zero-order valence-corrected chi connectivity index (χ0v) is 15.1. The topological polar surface area (TPSA) is 52.6 Å². The van der Waals surface area contributed by atoms with Crippen LogP contribution in [0.5, 0.6) is 5.75 Å². The number of Topliss-reactive ketones (excluding diaryl/α,β-unsaturated/α-hetero) is 1. The van der Waals surface area contributed by atoms with Gasteiger partial charge in [0, 0.05) is 6.42 Å². The summed E-state index contributed by atoms with van der Waals surface area (Å²) in [6.07, 6.45) is 7.32. The van der Waals surface area contributed by atoms with Crippen LogP contribution < -0.4 is 4.74 Å². The van der Waals surface area contributed by atoms with Gasteiger partial charge in [0.1, 0.15) is 23.6 Å². The molecule has 4 heteroatoms. The van der Waals surface area contributed by atoms with E-state index in [0.29, 0.717) is 12.3 Å². The molecule has 1 aromatic carbocycles. The van der Waals surface area contributed by atoms with Gasteiger partial charge in [0.2, 0.25) is 0 Å². The second-order valence-electron chi connectivity index (χ2n) is 7.40. The van der Waals surface area contributed by atoms with Gasteiger partial charge in [0.25, 0.3) is 0 Å². The summed E-state index contributed by atoms with van der Waals surface area (Å²) in [6.45, 7) is 2.81. The van der Waals surface area contributed by atoms with E-state index in [-0.39, 0.29) is 18.2 Å². The van der Waals surface area contributed by atoms with E-state index >= 15 is 0 Å². The van der Waals surface area contributed by atoms with Gasteiger partial charge in [-0.3, -0.25) is 9.59 Å². The first-order valence-electron chi connectivity index (χ1n) is 9.56. The van der Waals surface area contributed by atoms with Crippen molar-refractivity contribution >= 4 is 11.8 Å². The molecule has 1 unspecified atom stereocenters. The van der Waals surface area contributed by atoms with Crippen molar-refractivity contribution in [2.24, 2.45) is 5.92 Å². The van der Waals surface area contributed by atoms with Gasteiger partial charge >= 0.3 is 5.97 Å². The van der Waals surface area contributed by atoms with E-state index < -0.39 is 5.60 Å². The van der Waals surface area contributed by atoms with Crippen LogP contribution in [0.4, 0.5) is 0 Å². The Labute approximate surface area is 149 Å². The van der Waals surface area contributed by atoms with Crippen molar-refractivity contribution in [1.82, 2.24) is 0 Å². The van der Waals surface area contributed by atoms with Gasteiger partial charge in [-0.2, -0.15) is 0 Å². The highest BCUT2D eigenvalue weighted by Gasteiger charge is 2.47. The third-order valence-electron chi connectivity index (χ3n) is 5.49. The molecule has 2 fully saturated rings. The van der Waals surface area contributed by atoms with E-state index in [1.165, 1.54) is 18.4 Å². The number of carbonyl (C=O) groups excluding carboxylic acids is 2. The molecule has 0 N–H and O–H groups in total. The minimum Gasteiger partial charge on any atom is -0.494 e. The molecule has 1 saturated carbocycles. The minimum absolute atomic E-state index is 0.0338. The summed E-state index contributed by atoms with van der Waals surface area (Å²) in [4.78, 5) is 24.0. The number of rotatable bonds is 7. The van der Waals surface area contributed by atoms with E-state index in [9.17, 15) is 9.59 Å². The van der Waals surface area contributed by atoms with Gasteiger partial charge in [-0.1, -0.05) is 31.9 Å². The molecule has 0 amide bonds. The largest absolute Gasteiger partial charge is 0.494 e. The number of cyclic esters (lactones) is 1. The third-order valence-corrected chi connectivity index (χ3v) is 5.49. The van der Waals surface area contributed by atoms with Crippen LogP contribution in [0.15, 0.2) is 24.3 Å². The molecular formula is C21H28O4. The Kier molecular flexibility index (Phi) is 5.77. The molecule has 1 aliphatic carbocycles. The molecule has 1 atom stereocenters. The van der Waals surface area contributed by atoms with Crippen LogP contribution in [0.3, 0.4) is 0 Å². The van der Waals surface area contributed by atoms with Crippen LogP contribution in [0, 0.1) is 5.92 Å². The molecule has 1 saturated heterocycles. The molecule has 1 aliphatic heterocycles. The molecule has 0 spiro atoms. The Morgan fingerprint density at radius 3 is 2.52 bits per heavy atom. The second kappa shape index (κ2) is 8.03. The number of hydrogen-bond acceptors (Lipinski definition) is 4. The normalized spacial score (nSPS) is 24.4. The number of aryl methyl sites for hydroxylation is 1. The summed E-state index contributed by atoms with van der Waals surface area (Å²) in [5, 5.41) is 0. The van der Waals surface area contributed by atoms with Gasteiger partial charge in [-0.05, 0) is 55.7 Å². The van der Waals surface area contributed by atoms with Crippen LogP contribution in [0.25, 0.3) is 0 Å². The van der Waals surface area contributed by atoms with Gasteiger partial charge in [0.05, 0.1) is 6.61 Å². The molecule has 0 bridgehead atoms. The van der Waals surface area contributed by atoms with Crippen LogP contribution in [-0.4, -0.2) is 24.0 Å². The lowest BCUT2D eigenvalue weighted by Gasteiger charge is -2.41. The highest BCUT2D eigenvalue weighted by molar-refractivity contribution is 5.98. The van der Waals surface area contributed by atoms with Crippen molar-refractivity contribution in [3.05, 3.63) is 29.8 Å². The van der Waals surface area contributed by atoms with Gasteiger partial charge < -0.3 is 9.47 Å². The molecule has 25 heavy (non-hydrogen) atoms. The monoisotopic (exact) mass is 344 g/mol. The highest BCUT2D eigenvalue weighted by atomic mass is 16.6. The molecular weight excluding hydrogens is 316 g/mol. The van der Waals surface area contributed by atoms with Crippen LogP contribution >= 0.6 is 0 Å². The number of esters is 1. The van der Waals surface area contributed by atoms with Gasteiger partial charge in [0.15, 0.2) is 0 Å². The maximum atomic E-state index is 12.1. The first-order chi connectivity index (χ1) is 12.1. The Morgan fingerprint density at radius 2 is 1.88 bits per heavy atom. The van der Waals surface area contributed by atoms with Gasteiger partial charge in [-0.15, -0.1) is 0 Å². The standard InChI is InChI=1S/C21H28O4/c1-2-13-24-19-9-7-16(8-10-19)11-12-21(17-5-3-4-6-17)15-18(22)14-20(23)25-21/h7-10,17H,2-6,11-15H2,1H3. The number of benzene rings is 1. The highest BCUT2D eigenvalue weighted by Crippen LogP contribution is 2.43. The maximum Gasteiger partial charge on any atom is 0.313 e. The number of carbonyl (C=O) groups is 2. The SMILES string of the molecule is CCCOc1ccc(CCC2(C3CCCC3)CC(=O)CC(=O)O2)cc1. The van der Waals surface area contributed by atoms with E-state index in [1.807, 2.05) is 12.1 Å². The van der Waals surface area contributed by atoms with Crippen LogP contribution in [-0.2, 0) is 20.7 Å². The zero-order chi connectivity index (χ0) is 17.7. The molecule has 1 aromatic rings. The average molecular weight is 344 g/mol. The fourth-order valence-electron chi connectivity index (χ4n) is 4.21. The lowest BCUT2D eigenvalue weighted by molar-refractivity contribution is -0.178. The summed E-state index contributed by atoms with van der Waals surface area (Å²) >= 11 is 0. The quantitative estimate of drug-likeness (QED) is 0.548. The summed E-state index contributed by atoms with van der Waals surface area (Å²) in [5.41, 5.74) is 0.607. The Morgan fingerprint density at radius 1 is 1.16 bits per heavy atom. The summed E-state index contributed by atoms with van der Waals surface area (Å²) in [6, 6.07) is 8.12. The van der Waals surface area contributed by atoms with E-state index in [4.69, 9.17) is 9.47 Å². The Hall–Kier alpha value is -1.84. The Balaban J connectivity index is 1.68. The molecule has 2 aliphatic rings. The molecule has 3 rings (SSSR count). The van der Waals surface area contributed by atoms with Crippen molar-refractivity contribution in [3.63, 3.8) is 0 Å². The van der Waals surface area contributed by atoms with Crippen molar-refractivity contribution in [2.45, 2.75) is 70.3 Å². The first kappa shape index (κ1) is 18.0. The third kappa shape index (κ3) is 4.42.